The molecule has 0 spiro atoms. The highest BCUT2D eigenvalue weighted by atomic mass is 19.1. The molecule has 0 radical (unpaired) electrons. The Morgan fingerprint density at radius 1 is 1.05 bits per heavy atom. The Labute approximate surface area is 117 Å². The largest absolute Gasteiger partial charge is 0.493 e. The van der Waals surface area contributed by atoms with Crippen LogP contribution in [0.1, 0.15) is 11.3 Å². The highest BCUT2D eigenvalue weighted by Crippen LogP contribution is 2.28. The molecular formula is C15H17FN2O2. The first kappa shape index (κ1) is 14.3. The van der Waals surface area contributed by atoms with Gasteiger partial charge in [-0.2, -0.15) is 0 Å². The number of nitrogens with zero attached hydrogens (tertiary/aromatic N) is 1. The molecule has 0 unspecified atom stereocenters. The molecule has 0 aliphatic carbocycles. The highest BCUT2D eigenvalue weighted by Gasteiger charge is 2.10. The minimum absolute atomic E-state index is 0.232. The van der Waals surface area contributed by atoms with Gasteiger partial charge in [-0.05, 0) is 17.7 Å². The fraction of sp³-hybridized carbons (Fsp3) is 0.267. The smallest absolute Gasteiger partial charge is 0.183 e. The van der Waals surface area contributed by atoms with Crippen LogP contribution >= 0.6 is 0 Å². The van der Waals surface area contributed by atoms with Crippen LogP contribution in [0.2, 0.25) is 0 Å². The third-order valence-electron chi connectivity index (χ3n) is 2.90. The number of aromatic nitrogens is 1. The molecule has 0 saturated heterocycles. The Morgan fingerprint density at radius 2 is 1.80 bits per heavy atom. The van der Waals surface area contributed by atoms with Crippen molar-refractivity contribution in [2.24, 2.45) is 0 Å². The van der Waals surface area contributed by atoms with Crippen LogP contribution in [0.25, 0.3) is 0 Å². The lowest BCUT2D eigenvalue weighted by molar-refractivity contribution is 0.348. The van der Waals surface area contributed by atoms with Crippen molar-refractivity contribution in [1.29, 1.82) is 0 Å². The predicted molar refractivity (Wildman–Crippen MR) is 74.3 cm³/mol. The van der Waals surface area contributed by atoms with Gasteiger partial charge in [0.1, 0.15) is 5.82 Å². The molecule has 4 nitrogen and oxygen atoms in total. The monoisotopic (exact) mass is 276 g/mol. The average Bonchev–Trinajstić information content (AvgIpc) is 2.49. The van der Waals surface area contributed by atoms with E-state index in [1.165, 1.54) is 12.1 Å². The fourth-order valence-electron chi connectivity index (χ4n) is 1.90. The van der Waals surface area contributed by atoms with Crippen LogP contribution in [-0.4, -0.2) is 19.2 Å². The predicted octanol–water partition coefficient (Wildman–Crippen LogP) is 2.53. The maximum absolute atomic E-state index is 12.8. The minimum atomic E-state index is -0.232. The lowest BCUT2D eigenvalue weighted by atomic mass is 10.2. The van der Waals surface area contributed by atoms with Crippen molar-refractivity contribution in [2.75, 3.05) is 14.2 Å². The number of benzene rings is 1. The van der Waals surface area contributed by atoms with Crippen LogP contribution in [0.4, 0.5) is 4.39 Å². The van der Waals surface area contributed by atoms with Crippen molar-refractivity contribution in [2.45, 2.75) is 13.1 Å². The Balaban J connectivity index is 1.98. The van der Waals surface area contributed by atoms with Gasteiger partial charge >= 0.3 is 0 Å². The Morgan fingerprint density at radius 3 is 2.45 bits per heavy atom. The topological polar surface area (TPSA) is 43.4 Å². The molecule has 0 fully saturated rings. The fourth-order valence-corrected chi connectivity index (χ4v) is 1.90. The van der Waals surface area contributed by atoms with Gasteiger partial charge in [0.2, 0.25) is 0 Å². The molecule has 20 heavy (non-hydrogen) atoms. The van der Waals surface area contributed by atoms with E-state index in [1.807, 2.05) is 0 Å². The van der Waals surface area contributed by atoms with E-state index in [-0.39, 0.29) is 5.82 Å². The van der Waals surface area contributed by atoms with E-state index in [0.717, 1.165) is 11.3 Å². The number of pyridine rings is 1. The minimum Gasteiger partial charge on any atom is -0.493 e. The van der Waals surface area contributed by atoms with Crippen LogP contribution in [-0.2, 0) is 13.1 Å². The van der Waals surface area contributed by atoms with Gasteiger partial charge in [-0.25, -0.2) is 4.39 Å². The van der Waals surface area contributed by atoms with E-state index in [9.17, 15) is 4.39 Å². The molecule has 0 atom stereocenters. The molecule has 1 aromatic heterocycles. The average molecular weight is 276 g/mol. The summed E-state index contributed by atoms with van der Waals surface area (Å²) < 4.78 is 23.3. The summed E-state index contributed by atoms with van der Waals surface area (Å²) in [6, 6.07) is 8.14. The zero-order valence-corrected chi connectivity index (χ0v) is 11.5. The van der Waals surface area contributed by atoms with Crippen LogP contribution in [0.15, 0.2) is 36.5 Å². The van der Waals surface area contributed by atoms with Crippen molar-refractivity contribution >= 4 is 0 Å². The maximum Gasteiger partial charge on any atom is 0.183 e. The molecule has 1 aromatic carbocycles. The van der Waals surface area contributed by atoms with Crippen LogP contribution in [0.3, 0.4) is 0 Å². The summed E-state index contributed by atoms with van der Waals surface area (Å²) in [4.78, 5) is 4.28. The van der Waals surface area contributed by atoms with E-state index >= 15 is 0 Å². The van der Waals surface area contributed by atoms with Gasteiger partial charge < -0.3 is 14.8 Å². The van der Waals surface area contributed by atoms with E-state index in [4.69, 9.17) is 9.47 Å². The molecule has 0 amide bonds. The van der Waals surface area contributed by atoms with Gasteiger partial charge in [0.25, 0.3) is 0 Å². The van der Waals surface area contributed by atoms with Crippen molar-refractivity contribution < 1.29 is 13.9 Å². The summed E-state index contributed by atoms with van der Waals surface area (Å²) in [5.41, 5.74) is 1.78. The van der Waals surface area contributed by atoms with Gasteiger partial charge in [-0.1, -0.05) is 12.1 Å². The zero-order valence-electron chi connectivity index (χ0n) is 11.5. The standard InChI is InChI=1S/C15H17FN2O2/c1-19-14-7-8-18-13(15(14)20-2)10-17-9-11-3-5-12(16)6-4-11/h3-8,17H,9-10H2,1-2H3. The SMILES string of the molecule is COc1ccnc(CNCc2ccc(F)cc2)c1OC. The number of ether oxygens (including phenoxy) is 2. The number of rotatable bonds is 6. The third-order valence-corrected chi connectivity index (χ3v) is 2.90. The second kappa shape index (κ2) is 6.86. The summed E-state index contributed by atoms with van der Waals surface area (Å²) >= 11 is 0. The molecule has 0 aliphatic heterocycles. The number of hydrogen-bond donors (Lipinski definition) is 1. The Hall–Kier alpha value is -2.14. The lowest BCUT2D eigenvalue weighted by Crippen LogP contribution is -2.14. The molecule has 0 aliphatic rings. The quantitative estimate of drug-likeness (QED) is 0.880. The van der Waals surface area contributed by atoms with Crippen molar-refractivity contribution in [3.8, 4) is 11.5 Å². The van der Waals surface area contributed by atoms with E-state index < -0.39 is 0 Å². The normalized spacial score (nSPS) is 10.3. The first-order valence-electron chi connectivity index (χ1n) is 6.25. The number of halogens is 1. The molecule has 0 saturated carbocycles. The van der Waals surface area contributed by atoms with Crippen LogP contribution < -0.4 is 14.8 Å². The molecule has 2 aromatic rings. The van der Waals surface area contributed by atoms with E-state index in [2.05, 4.69) is 10.3 Å². The Kier molecular flexibility index (Phi) is 4.90. The molecule has 1 N–H and O–H groups in total. The summed E-state index contributed by atoms with van der Waals surface area (Å²) in [6.07, 6.45) is 1.68. The van der Waals surface area contributed by atoms with Crippen molar-refractivity contribution in [1.82, 2.24) is 10.3 Å². The molecule has 5 heteroatoms. The maximum atomic E-state index is 12.8. The van der Waals surface area contributed by atoms with Gasteiger partial charge in [0.15, 0.2) is 11.5 Å². The molecular weight excluding hydrogens is 259 g/mol. The highest BCUT2D eigenvalue weighted by molar-refractivity contribution is 5.42. The third kappa shape index (κ3) is 3.45. The van der Waals surface area contributed by atoms with Gasteiger partial charge in [-0.3, -0.25) is 4.98 Å². The van der Waals surface area contributed by atoms with E-state index in [0.29, 0.717) is 24.6 Å². The zero-order chi connectivity index (χ0) is 14.4. The number of hydrogen-bond acceptors (Lipinski definition) is 4. The molecule has 106 valence electrons. The summed E-state index contributed by atoms with van der Waals surface area (Å²) in [5.74, 6) is 1.05. The van der Waals surface area contributed by atoms with Gasteiger partial charge in [0, 0.05) is 25.4 Å². The Bertz CT molecular complexity index is 558. The van der Waals surface area contributed by atoms with Crippen molar-refractivity contribution in [3.05, 3.63) is 53.6 Å². The summed E-state index contributed by atoms with van der Waals surface area (Å²) in [7, 11) is 3.18. The second-order valence-corrected chi connectivity index (χ2v) is 4.22. The van der Waals surface area contributed by atoms with E-state index in [1.54, 1.807) is 38.6 Å². The van der Waals surface area contributed by atoms with Gasteiger partial charge in [-0.15, -0.1) is 0 Å². The lowest BCUT2D eigenvalue weighted by Gasteiger charge is -2.12. The number of nitrogens with one attached hydrogen (secondary N) is 1. The first-order valence-corrected chi connectivity index (χ1v) is 6.25. The molecule has 1 heterocycles. The molecule has 0 bridgehead atoms. The summed E-state index contributed by atoms with van der Waals surface area (Å²) in [5, 5.41) is 3.24. The van der Waals surface area contributed by atoms with Crippen LogP contribution in [0.5, 0.6) is 11.5 Å². The second-order valence-electron chi connectivity index (χ2n) is 4.22. The van der Waals surface area contributed by atoms with Crippen LogP contribution in [0, 0.1) is 5.82 Å². The van der Waals surface area contributed by atoms with Gasteiger partial charge in [0.05, 0.1) is 19.9 Å². The molecule has 2 rings (SSSR count). The first-order chi connectivity index (χ1) is 9.74. The van der Waals surface area contributed by atoms with Crippen molar-refractivity contribution in [3.63, 3.8) is 0 Å². The summed E-state index contributed by atoms with van der Waals surface area (Å²) in [6.45, 7) is 1.17. The number of methoxy groups -OCH3 is 2.